The van der Waals surface area contributed by atoms with E-state index in [9.17, 15) is 4.79 Å². The quantitative estimate of drug-likeness (QED) is 0.132. The van der Waals surface area contributed by atoms with Crippen LogP contribution >= 0.6 is 0 Å². The second kappa shape index (κ2) is 22.8. The average molecular weight is 488 g/mol. The molecule has 0 atom stereocenters. The van der Waals surface area contributed by atoms with Crippen molar-refractivity contribution >= 4 is 11.7 Å². The average Bonchev–Trinajstić information content (AvgIpc) is 2.83. The summed E-state index contributed by atoms with van der Waals surface area (Å²) >= 11 is 0. The number of rotatable bonds is 24. The number of anilines is 1. The van der Waals surface area contributed by atoms with Gasteiger partial charge in [-0.05, 0) is 30.7 Å². The van der Waals surface area contributed by atoms with Crippen molar-refractivity contribution in [3.05, 3.63) is 24.3 Å². The monoisotopic (exact) mass is 487 g/mol. The zero-order valence-corrected chi connectivity index (χ0v) is 20.4. The van der Waals surface area contributed by atoms with Gasteiger partial charge in [-0.3, -0.25) is 4.79 Å². The molecule has 0 aliphatic carbocycles. The molecule has 0 aliphatic rings. The first kappa shape index (κ1) is 30.1. The van der Waals surface area contributed by atoms with Gasteiger partial charge < -0.3 is 43.6 Å². The molecule has 1 rings (SSSR count). The van der Waals surface area contributed by atoms with Gasteiger partial charge in [-0.25, -0.2) is 0 Å². The van der Waals surface area contributed by atoms with Crippen LogP contribution in [0.5, 0.6) is 5.75 Å². The number of hydrogen-bond acceptors (Lipinski definition) is 10. The molecule has 1 aromatic carbocycles. The Bertz CT molecular complexity index is 586. The molecule has 10 nitrogen and oxygen atoms in total. The van der Waals surface area contributed by atoms with Crippen LogP contribution in [0.4, 0.5) is 5.69 Å². The maximum atomic E-state index is 11.1. The van der Waals surface area contributed by atoms with E-state index in [-0.39, 0.29) is 12.6 Å². The second-order valence-corrected chi connectivity index (χ2v) is 7.06. The van der Waals surface area contributed by atoms with Crippen molar-refractivity contribution in [2.24, 2.45) is 0 Å². The maximum absolute atomic E-state index is 11.1. The fourth-order valence-electron chi connectivity index (χ4n) is 2.47. The largest absolute Gasteiger partial charge is 0.491 e. The lowest BCUT2D eigenvalue weighted by molar-refractivity contribution is -0.145. The molecule has 196 valence electrons. The standard InChI is InChI=1S/C24H41NO9/c1-2-3-24(26)34-21-19-32-17-15-30-13-11-28-9-8-27-10-12-29-14-16-31-18-20-33-23-6-4-22(25)5-7-23/h4-7H,2-3,8-21,25H2,1H3. The Kier molecular flexibility index (Phi) is 20.2. The van der Waals surface area contributed by atoms with Gasteiger partial charge in [0.25, 0.3) is 0 Å². The minimum atomic E-state index is -0.186. The summed E-state index contributed by atoms with van der Waals surface area (Å²) in [5.41, 5.74) is 6.33. The zero-order chi connectivity index (χ0) is 24.5. The molecule has 0 unspecified atom stereocenters. The number of nitrogen functional groups attached to an aromatic ring is 1. The Morgan fingerprint density at radius 3 is 1.41 bits per heavy atom. The topological polar surface area (TPSA) is 117 Å². The maximum Gasteiger partial charge on any atom is 0.305 e. The smallest absolute Gasteiger partial charge is 0.305 e. The first-order valence-electron chi connectivity index (χ1n) is 11.8. The number of hydrogen-bond donors (Lipinski definition) is 1. The summed E-state index contributed by atoms with van der Waals surface area (Å²) in [6, 6.07) is 7.25. The summed E-state index contributed by atoms with van der Waals surface area (Å²) in [4.78, 5) is 11.1. The van der Waals surface area contributed by atoms with Crippen molar-refractivity contribution in [3.8, 4) is 5.75 Å². The molecule has 34 heavy (non-hydrogen) atoms. The molecule has 1 aromatic rings. The van der Waals surface area contributed by atoms with E-state index in [1.807, 2.05) is 19.1 Å². The van der Waals surface area contributed by atoms with Crippen LogP contribution in [0.25, 0.3) is 0 Å². The molecule has 0 amide bonds. The third-order valence-corrected chi connectivity index (χ3v) is 4.18. The Hall–Kier alpha value is -1.95. The van der Waals surface area contributed by atoms with Gasteiger partial charge in [0.05, 0.1) is 79.3 Å². The van der Waals surface area contributed by atoms with Crippen LogP contribution < -0.4 is 10.5 Å². The molecule has 0 aromatic heterocycles. The fraction of sp³-hybridized carbons (Fsp3) is 0.708. The van der Waals surface area contributed by atoms with Crippen molar-refractivity contribution in [2.75, 3.05) is 98.2 Å². The second-order valence-electron chi connectivity index (χ2n) is 7.06. The highest BCUT2D eigenvalue weighted by atomic mass is 16.6. The van der Waals surface area contributed by atoms with Crippen molar-refractivity contribution in [3.63, 3.8) is 0 Å². The van der Waals surface area contributed by atoms with Crippen LogP contribution in [0.1, 0.15) is 19.8 Å². The zero-order valence-electron chi connectivity index (χ0n) is 20.4. The van der Waals surface area contributed by atoms with E-state index >= 15 is 0 Å². The third kappa shape index (κ3) is 19.5. The Balaban J connectivity index is 1.68. The predicted molar refractivity (Wildman–Crippen MR) is 127 cm³/mol. The summed E-state index contributed by atoms with van der Waals surface area (Å²) in [5.74, 6) is 0.585. The number of benzene rings is 1. The minimum Gasteiger partial charge on any atom is -0.491 e. The number of ether oxygens (including phenoxy) is 8. The SMILES string of the molecule is CCCC(=O)OCCOCCOCCOCCOCCOCCOCCOc1ccc(N)cc1. The highest BCUT2D eigenvalue weighted by Gasteiger charge is 2.00. The minimum absolute atomic E-state index is 0.186. The molecule has 0 saturated heterocycles. The molecule has 0 bridgehead atoms. The van der Waals surface area contributed by atoms with Crippen molar-refractivity contribution in [2.45, 2.75) is 19.8 Å². The normalized spacial score (nSPS) is 11.0. The molecule has 0 saturated carbocycles. The summed E-state index contributed by atoms with van der Waals surface area (Å²) < 4.78 is 43.0. The van der Waals surface area contributed by atoms with Gasteiger partial charge in [-0.1, -0.05) is 6.92 Å². The summed E-state index contributed by atoms with van der Waals surface area (Å²) in [7, 11) is 0. The Labute approximate surface area is 202 Å². The lowest BCUT2D eigenvalue weighted by Gasteiger charge is -2.09. The van der Waals surface area contributed by atoms with Gasteiger partial charge in [0, 0.05) is 12.1 Å². The van der Waals surface area contributed by atoms with E-state index in [4.69, 9.17) is 43.6 Å². The van der Waals surface area contributed by atoms with Crippen LogP contribution in [-0.4, -0.2) is 98.5 Å². The van der Waals surface area contributed by atoms with Gasteiger partial charge in [0.2, 0.25) is 0 Å². The molecular weight excluding hydrogens is 446 g/mol. The molecule has 0 fully saturated rings. The van der Waals surface area contributed by atoms with Gasteiger partial charge in [-0.2, -0.15) is 0 Å². The van der Waals surface area contributed by atoms with Crippen molar-refractivity contribution in [1.29, 1.82) is 0 Å². The number of carbonyl (C=O) groups is 1. The molecule has 0 radical (unpaired) electrons. The van der Waals surface area contributed by atoms with Gasteiger partial charge in [0.1, 0.15) is 19.0 Å². The van der Waals surface area contributed by atoms with Crippen LogP contribution in [-0.2, 0) is 38.0 Å². The van der Waals surface area contributed by atoms with Gasteiger partial charge in [-0.15, -0.1) is 0 Å². The fourth-order valence-corrected chi connectivity index (χ4v) is 2.47. The molecule has 0 heterocycles. The first-order valence-corrected chi connectivity index (χ1v) is 11.8. The summed E-state index contributed by atoms with van der Waals surface area (Å²) in [5, 5.41) is 0. The molecule has 10 heteroatoms. The summed E-state index contributed by atoms with van der Waals surface area (Å²) in [6.45, 7) is 8.50. The Morgan fingerprint density at radius 2 is 1.00 bits per heavy atom. The van der Waals surface area contributed by atoms with Crippen LogP contribution in [0.3, 0.4) is 0 Å². The van der Waals surface area contributed by atoms with E-state index in [0.29, 0.717) is 98.0 Å². The predicted octanol–water partition coefficient (Wildman–Crippen LogP) is 2.09. The van der Waals surface area contributed by atoms with Crippen molar-refractivity contribution in [1.82, 2.24) is 0 Å². The van der Waals surface area contributed by atoms with Gasteiger partial charge >= 0.3 is 5.97 Å². The van der Waals surface area contributed by atoms with Crippen LogP contribution in [0.2, 0.25) is 0 Å². The van der Waals surface area contributed by atoms with E-state index < -0.39 is 0 Å². The highest BCUT2D eigenvalue weighted by molar-refractivity contribution is 5.69. The van der Waals surface area contributed by atoms with Crippen molar-refractivity contribution < 1.29 is 42.7 Å². The number of esters is 1. The number of carbonyl (C=O) groups excluding carboxylic acids is 1. The van der Waals surface area contributed by atoms with E-state index in [2.05, 4.69) is 0 Å². The molecular formula is C24H41NO9. The molecule has 0 spiro atoms. The molecule has 2 N–H and O–H groups in total. The van der Waals surface area contributed by atoms with E-state index in [0.717, 1.165) is 12.2 Å². The summed E-state index contributed by atoms with van der Waals surface area (Å²) in [6.07, 6.45) is 1.23. The first-order chi connectivity index (χ1) is 16.7. The third-order valence-electron chi connectivity index (χ3n) is 4.18. The Morgan fingerprint density at radius 1 is 0.618 bits per heavy atom. The lowest BCUT2D eigenvalue weighted by Crippen LogP contribution is -2.15. The molecule has 0 aliphatic heterocycles. The highest BCUT2D eigenvalue weighted by Crippen LogP contribution is 2.12. The van der Waals surface area contributed by atoms with Crippen LogP contribution in [0, 0.1) is 0 Å². The number of nitrogens with two attached hydrogens (primary N) is 1. The van der Waals surface area contributed by atoms with Crippen LogP contribution in [0.15, 0.2) is 24.3 Å². The van der Waals surface area contributed by atoms with E-state index in [1.54, 1.807) is 12.1 Å². The van der Waals surface area contributed by atoms with E-state index in [1.165, 1.54) is 0 Å². The van der Waals surface area contributed by atoms with Gasteiger partial charge in [0.15, 0.2) is 0 Å². The lowest BCUT2D eigenvalue weighted by atomic mass is 10.3.